The van der Waals surface area contributed by atoms with Crippen molar-refractivity contribution >= 4 is 0 Å². The van der Waals surface area contributed by atoms with Crippen molar-refractivity contribution in [3.63, 3.8) is 0 Å². The van der Waals surface area contributed by atoms with Crippen LogP contribution >= 0.6 is 0 Å². The number of likely N-dealkylation sites (tertiary alicyclic amines) is 1. The van der Waals surface area contributed by atoms with E-state index in [2.05, 4.69) is 11.8 Å². The first kappa shape index (κ1) is 14.3. The van der Waals surface area contributed by atoms with Gasteiger partial charge in [0.1, 0.15) is 0 Å². The van der Waals surface area contributed by atoms with Gasteiger partial charge in [-0.1, -0.05) is 13.3 Å². The molecule has 1 aliphatic heterocycles. The van der Waals surface area contributed by atoms with Gasteiger partial charge in [0.2, 0.25) is 0 Å². The van der Waals surface area contributed by atoms with Gasteiger partial charge in [0, 0.05) is 20.2 Å². The Bertz CT molecular complexity index is 247. The second-order valence-electron chi connectivity index (χ2n) is 6.17. The number of hydrogen-bond donors (Lipinski definition) is 1. The van der Waals surface area contributed by atoms with Crippen molar-refractivity contribution in [2.75, 3.05) is 26.7 Å². The second kappa shape index (κ2) is 6.88. The van der Waals surface area contributed by atoms with Gasteiger partial charge >= 0.3 is 0 Å². The van der Waals surface area contributed by atoms with E-state index in [0.29, 0.717) is 12.0 Å². The molecule has 2 fully saturated rings. The highest BCUT2D eigenvalue weighted by molar-refractivity contribution is 4.83. The average Bonchev–Trinajstić information content (AvgIpc) is 2.41. The molecule has 0 amide bonds. The van der Waals surface area contributed by atoms with E-state index in [-0.39, 0.29) is 6.10 Å². The summed E-state index contributed by atoms with van der Waals surface area (Å²) < 4.78 is 5.48. The molecule has 3 heteroatoms. The van der Waals surface area contributed by atoms with Crippen LogP contribution in [0.2, 0.25) is 0 Å². The first-order chi connectivity index (χ1) is 8.72. The summed E-state index contributed by atoms with van der Waals surface area (Å²) in [5, 5.41) is 10.2. The van der Waals surface area contributed by atoms with Gasteiger partial charge in [-0.05, 0) is 50.5 Å². The molecule has 106 valence electrons. The normalized spacial score (nSPS) is 38.8. The van der Waals surface area contributed by atoms with Crippen LogP contribution in [0.15, 0.2) is 0 Å². The molecular weight excluding hydrogens is 226 g/mol. The van der Waals surface area contributed by atoms with Gasteiger partial charge in [0.25, 0.3) is 0 Å². The topological polar surface area (TPSA) is 32.7 Å². The van der Waals surface area contributed by atoms with Crippen LogP contribution in [-0.4, -0.2) is 49.0 Å². The van der Waals surface area contributed by atoms with Crippen LogP contribution in [0, 0.1) is 11.8 Å². The Morgan fingerprint density at radius 2 is 2.11 bits per heavy atom. The average molecular weight is 255 g/mol. The molecule has 0 aromatic carbocycles. The van der Waals surface area contributed by atoms with Crippen LogP contribution in [0.1, 0.15) is 45.4 Å². The number of rotatable bonds is 4. The summed E-state index contributed by atoms with van der Waals surface area (Å²) in [7, 11) is 1.82. The van der Waals surface area contributed by atoms with E-state index in [1.807, 2.05) is 7.11 Å². The molecule has 18 heavy (non-hydrogen) atoms. The summed E-state index contributed by atoms with van der Waals surface area (Å²) in [4.78, 5) is 2.50. The van der Waals surface area contributed by atoms with E-state index in [9.17, 15) is 5.11 Å². The molecule has 1 aliphatic carbocycles. The maximum atomic E-state index is 10.2. The second-order valence-corrected chi connectivity index (χ2v) is 6.17. The molecule has 1 N–H and O–H groups in total. The summed E-state index contributed by atoms with van der Waals surface area (Å²) in [5.41, 5.74) is 0. The van der Waals surface area contributed by atoms with E-state index in [1.165, 1.54) is 38.6 Å². The summed E-state index contributed by atoms with van der Waals surface area (Å²) in [5.74, 6) is 1.32. The maximum Gasteiger partial charge on any atom is 0.0698 e. The lowest BCUT2D eigenvalue weighted by atomic mass is 9.78. The van der Waals surface area contributed by atoms with Crippen LogP contribution in [-0.2, 0) is 4.74 Å². The highest BCUT2D eigenvalue weighted by Gasteiger charge is 2.31. The Hall–Kier alpha value is -0.120. The molecule has 1 heterocycles. The number of hydrogen-bond acceptors (Lipinski definition) is 3. The van der Waals surface area contributed by atoms with Crippen molar-refractivity contribution in [3.05, 3.63) is 0 Å². The summed E-state index contributed by atoms with van der Waals surface area (Å²) in [6, 6.07) is 0. The molecule has 3 nitrogen and oxygen atoms in total. The monoisotopic (exact) mass is 255 g/mol. The Labute approximate surface area is 112 Å². The van der Waals surface area contributed by atoms with Crippen molar-refractivity contribution in [3.8, 4) is 0 Å². The predicted octanol–water partition coefficient (Wildman–Crippen LogP) is 2.28. The quantitative estimate of drug-likeness (QED) is 0.836. The van der Waals surface area contributed by atoms with E-state index in [0.717, 1.165) is 25.4 Å². The summed E-state index contributed by atoms with van der Waals surface area (Å²) in [6.07, 6.45) is 7.46. The zero-order valence-electron chi connectivity index (χ0n) is 12.0. The Balaban J connectivity index is 1.83. The van der Waals surface area contributed by atoms with Gasteiger partial charge in [0.05, 0.1) is 12.2 Å². The molecule has 1 saturated heterocycles. The van der Waals surface area contributed by atoms with E-state index in [4.69, 9.17) is 4.74 Å². The van der Waals surface area contributed by atoms with Crippen molar-refractivity contribution in [2.45, 2.75) is 57.7 Å². The van der Waals surface area contributed by atoms with Crippen molar-refractivity contribution in [1.82, 2.24) is 4.90 Å². The Morgan fingerprint density at radius 3 is 2.83 bits per heavy atom. The van der Waals surface area contributed by atoms with Gasteiger partial charge in [-0.2, -0.15) is 0 Å². The standard InChI is InChI=1S/C15H29NO2/c1-3-12-6-7-15(17)13(9-12)10-16-8-4-5-14(11-16)18-2/h12-15,17H,3-11H2,1-2H3. The zero-order chi connectivity index (χ0) is 13.0. The predicted molar refractivity (Wildman–Crippen MR) is 73.6 cm³/mol. The maximum absolute atomic E-state index is 10.2. The fourth-order valence-corrected chi connectivity index (χ4v) is 3.62. The minimum absolute atomic E-state index is 0.0734. The molecule has 0 radical (unpaired) electrons. The number of nitrogens with zero attached hydrogens (tertiary/aromatic N) is 1. The van der Waals surface area contributed by atoms with Crippen molar-refractivity contribution < 1.29 is 9.84 Å². The third-order valence-corrected chi connectivity index (χ3v) is 4.92. The molecule has 2 aliphatic rings. The number of aliphatic hydroxyl groups is 1. The van der Waals surface area contributed by atoms with Crippen molar-refractivity contribution in [2.24, 2.45) is 11.8 Å². The highest BCUT2D eigenvalue weighted by atomic mass is 16.5. The van der Waals surface area contributed by atoms with Gasteiger partial charge in [0.15, 0.2) is 0 Å². The molecule has 0 aromatic heterocycles. The molecular formula is C15H29NO2. The Kier molecular flexibility index (Phi) is 5.46. The first-order valence-electron chi connectivity index (χ1n) is 7.66. The molecule has 0 bridgehead atoms. The van der Waals surface area contributed by atoms with Crippen LogP contribution < -0.4 is 0 Å². The number of methoxy groups -OCH3 is 1. The third kappa shape index (κ3) is 3.69. The molecule has 0 aromatic rings. The fourth-order valence-electron chi connectivity index (χ4n) is 3.62. The van der Waals surface area contributed by atoms with E-state index >= 15 is 0 Å². The Morgan fingerprint density at radius 1 is 1.28 bits per heavy atom. The van der Waals surface area contributed by atoms with E-state index in [1.54, 1.807) is 0 Å². The minimum atomic E-state index is -0.0734. The molecule has 4 atom stereocenters. The lowest BCUT2D eigenvalue weighted by molar-refractivity contribution is -0.00706. The van der Waals surface area contributed by atoms with Crippen LogP contribution in [0.3, 0.4) is 0 Å². The SMILES string of the molecule is CCC1CCC(O)C(CN2CCCC(OC)C2)C1. The summed E-state index contributed by atoms with van der Waals surface area (Å²) >= 11 is 0. The van der Waals surface area contributed by atoms with E-state index < -0.39 is 0 Å². The molecule has 2 rings (SSSR count). The highest BCUT2D eigenvalue weighted by Crippen LogP contribution is 2.32. The minimum Gasteiger partial charge on any atom is -0.393 e. The van der Waals surface area contributed by atoms with Gasteiger partial charge in [-0.15, -0.1) is 0 Å². The van der Waals surface area contributed by atoms with Gasteiger partial charge in [-0.25, -0.2) is 0 Å². The van der Waals surface area contributed by atoms with Crippen LogP contribution in [0.4, 0.5) is 0 Å². The smallest absolute Gasteiger partial charge is 0.0698 e. The van der Waals surface area contributed by atoms with Gasteiger partial charge < -0.3 is 14.7 Å². The van der Waals surface area contributed by atoms with Crippen LogP contribution in [0.25, 0.3) is 0 Å². The zero-order valence-corrected chi connectivity index (χ0v) is 12.0. The lowest BCUT2D eigenvalue weighted by Gasteiger charge is -2.39. The van der Waals surface area contributed by atoms with Crippen molar-refractivity contribution in [1.29, 1.82) is 0 Å². The largest absolute Gasteiger partial charge is 0.393 e. The third-order valence-electron chi connectivity index (χ3n) is 4.92. The lowest BCUT2D eigenvalue weighted by Crippen LogP contribution is -2.45. The number of ether oxygens (including phenoxy) is 1. The number of piperidine rings is 1. The molecule has 1 saturated carbocycles. The summed E-state index contributed by atoms with van der Waals surface area (Å²) in [6.45, 7) is 5.58. The molecule has 4 unspecified atom stereocenters. The van der Waals surface area contributed by atoms with Gasteiger partial charge in [-0.3, -0.25) is 0 Å². The first-order valence-corrected chi connectivity index (χ1v) is 7.66. The van der Waals surface area contributed by atoms with Crippen LogP contribution in [0.5, 0.6) is 0 Å². The number of aliphatic hydroxyl groups excluding tert-OH is 1. The molecule has 0 spiro atoms. The fraction of sp³-hybridized carbons (Fsp3) is 1.00.